The van der Waals surface area contributed by atoms with Gasteiger partial charge >= 0.3 is 0 Å². The topological polar surface area (TPSA) is 42.2 Å². The predicted octanol–water partition coefficient (Wildman–Crippen LogP) is 4.22. The highest BCUT2D eigenvalue weighted by Crippen LogP contribution is 2.25. The Balaban J connectivity index is 2.25. The second kappa shape index (κ2) is 4.98. The average Bonchev–Trinajstić information content (AvgIpc) is 2.72. The Hall–Kier alpha value is -1.55. The molecular formula is C14H14BrNO2. The summed E-state index contributed by atoms with van der Waals surface area (Å²) in [5.74, 6) is 0.131. The SMILES string of the molecule is Cc1ccoc1C(=O)Nc1cc(C)c(Br)c(C)c1. The Bertz CT molecular complexity index is 579. The molecule has 1 N–H and O–H groups in total. The van der Waals surface area contributed by atoms with Gasteiger partial charge in [0.1, 0.15) is 0 Å². The number of rotatable bonds is 2. The highest BCUT2D eigenvalue weighted by Gasteiger charge is 2.13. The quantitative estimate of drug-likeness (QED) is 0.902. The fourth-order valence-corrected chi connectivity index (χ4v) is 2.04. The molecule has 0 fully saturated rings. The van der Waals surface area contributed by atoms with Gasteiger partial charge in [-0.25, -0.2) is 0 Å². The van der Waals surface area contributed by atoms with Gasteiger partial charge in [0.25, 0.3) is 5.91 Å². The molecule has 0 unspecified atom stereocenters. The lowest BCUT2D eigenvalue weighted by Crippen LogP contribution is -2.12. The van der Waals surface area contributed by atoms with Crippen LogP contribution in [0.15, 0.2) is 33.4 Å². The smallest absolute Gasteiger partial charge is 0.291 e. The number of aryl methyl sites for hydroxylation is 3. The summed E-state index contributed by atoms with van der Waals surface area (Å²) in [7, 11) is 0. The minimum Gasteiger partial charge on any atom is -0.459 e. The van der Waals surface area contributed by atoms with Crippen LogP contribution in [0.25, 0.3) is 0 Å². The number of amides is 1. The Morgan fingerprint density at radius 1 is 1.17 bits per heavy atom. The van der Waals surface area contributed by atoms with Gasteiger partial charge in [0, 0.05) is 15.7 Å². The molecule has 94 valence electrons. The van der Waals surface area contributed by atoms with Crippen LogP contribution in [0.5, 0.6) is 0 Å². The average molecular weight is 308 g/mol. The van der Waals surface area contributed by atoms with E-state index in [1.807, 2.05) is 32.9 Å². The van der Waals surface area contributed by atoms with Crippen LogP contribution in [-0.4, -0.2) is 5.91 Å². The summed E-state index contributed by atoms with van der Waals surface area (Å²) < 4.78 is 6.23. The lowest BCUT2D eigenvalue weighted by atomic mass is 10.1. The molecule has 0 aliphatic carbocycles. The Morgan fingerprint density at radius 2 is 1.78 bits per heavy atom. The third-order valence-corrected chi connectivity index (χ3v) is 4.01. The highest BCUT2D eigenvalue weighted by molar-refractivity contribution is 9.10. The lowest BCUT2D eigenvalue weighted by molar-refractivity contribution is 0.0996. The molecule has 0 radical (unpaired) electrons. The number of benzene rings is 1. The Labute approximate surface area is 114 Å². The number of carbonyl (C=O) groups is 1. The molecule has 0 atom stereocenters. The summed E-state index contributed by atoms with van der Waals surface area (Å²) in [6.45, 7) is 5.83. The minimum atomic E-state index is -0.223. The first-order valence-electron chi connectivity index (χ1n) is 5.61. The molecule has 2 rings (SSSR count). The maximum atomic E-state index is 12.0. The number of furan rings is 1. The van der Waals surface area contributed by atoms with Crippen molar-refractivity contribution in [2.75, 3.05) is 5.32 Å². The van der Waals surface area contributed by atoms with Crippen molar-refractivity contribution in [3.8, 4) is 0 Å². The van der Waals surface area contributed by atoms with Crippen LogP contribution in [0, 0.1) is 20.8 Å². The summed E-state index contributed by atoms with van der Waals surface area (Å²) in [5.41, 5.74) is 3.77. The summed E-state index contributed by atoms with van der Waals surface area (Å²) in [5, 5.41) is 2.84. The van der Waals surface area contributed by atoms with Gasteiger partial charge in [0.15, 0.2) is 5.76 Å². The molecule has 0 saturated carbocycles. The highest BCUT2D eigenvalue weighted by atomic mass is 79.9. The maximum absolute atomic E-state index is 12.0. The summed E-state index contributed by atoms with van der Waals surface area (Å²) in [6, 6.07) is 5.62. The van der Waals surface area contributed by atoms with Crippen LogP contribution in [-0.2, 0) is 0 Å². The van der Waals surface area contributed by atoms with Gasteiger partial charge < -0.3 is 9.73 Å². The Kier molecular flexibility index (Phi) is 3.57. The zero-order chi connectivity index (χ0) is 13.3. The van der Waals surface area contributed by atoms with Crippen molar-refractivity contribution in [2.45, 2.75) is 20.8 Å². The monoisotopic (exact) mass is 307 g/mol. The van der Waals surface area contributed by atoms with Crippen molar-refractivity contribution in [3.63, 3.8) is 0 Å². The molecule has 1 amide bonds. The van der Waals surface area contributed by atoms with Crippen LogP contribution >= 0.6 is 15.9 Å². The van der Waals surface area contributed by atoms with Gasteiger partial charge in [-0.1, -0.05) is 15.9 Å². The summed E-state index contributed by atoms with van der Waals surface area (Å²) >= 11 is 3.50. The number of nitrogens with one attached hydrogen (secondary N) is 1. The molecule has 0 aliphatic rings. The fourth-order valence-electron chi connectivity index (χ4n) is 1.81. The van der Waals surface area contributed by atoms with E-state index in [9.17, 15) is 4.79 Å². The lowest BCUT2D eigenvalue weighted by Gasteiger charge is -2.09. The van der Waals surface area contributed by atoms with E-state index in [1.165, 1.54) is 6.26 Å². The van der Waals surface area contributed by atoms with Crippen molar-refractivity contribution < 1.29 is 9.21 Å². The van der Waals surface area contributed by atoms with Crippen molar-refractivity contribution in [1.82, 2.24) is 0 Å². The van der Waals surface area contributed by atoms with Gasteiger partial charge in [0.05, 0.1) is 6.26 Å². The summed E-state index contributed by atoms with van der Waals surface area (Å²) in [6.07, 6.45) is 1.52. The molecular weight excluding hydrogens is 294 g/mol. The van der Waals surface area contributed by atoms with Gasteiger partial charge in [-0.05, 0) is 50.1 Å². The molecule has 0 saturated heterocycles. The molecule has 1 heterocycles. The molecule has 3 nitrogen and oxygen atoms in total. The van der Waals surface area contributed by atoms with Crippen LogP contribution in [0.1, 0.15) is 27.2 Å². The first-order valence-corrected chi connectivity index (χ1v) is 6.40. The molecule has 1 aromatic heterocycles. The fraction of sp³-hybridized carbons (Fsp3) is 0.214. The van der Waals surface area contributed by atoms with Crippen LogP contribution < -0.4 is 5.32 Å². The molecule has 0 bridgehead atoms. The van der Waals surface area contributed by atoms with Gasteiger partial charge in [-0.3, -0.25) is 4.79 Å². The van der Waals surface area contributed by atoms with E-state index in [0.29, 0.717) is 5.76 Å². The van der Waals surface area contributed by atoms with E-state index >= 15 is 0 Å². The minimum absolute atomic E-state index is 0.223. The maximum Gasteiger partial charge on any atom is 0.291 e. The van der Waals surface area contributed by atoms with E-state index in [2.05, 4.69) is 21.2 Å². The van der Waals surface area contributed by atoms with Gasteiger partial charge in [-0.2, -0.15) is 0 Å². The number of carbonyl (C=O) groups excluding carboxylic acids is 1. The first kappa shape index (κ1) is 12.9. The molecule has 1 aromatic carbocycles. The molecule has 4 heteroatoms. The standard InChI is InChI=1S/C14H14BrNO2/c1-8-4-5-18-13(8)14(17)16-11-6-9(2)12(15)10(3)7-11/h4-7H,1-3H3,(H,16,17). The second-order valence-electron chi connectivity index (χ2n) is 4.31. The van der Waals surface area contributed by atoms with E-state index in [-0.39, 0.29) is 5.91 Å². The Morgan fingerprint density at radius 3 is 2.28 bits per heavy atom. The van der Waals surface area contributed by atoms with E-state index in [0.717, 1.165) is 26.9 Å². The second-order valence-corrected chi connectivity index (χ2v) is 5.10. The molecule has 0 aliphatic heterocycles. The zero-order valence-corrected chi connectivity index (χ0v) is 12.1. The first-order chi connectivity index (χ1) is 8.49. The van der Waals surface area contributed by atoms with Crippen LogP contribution in [0.3, 0.4) is 0 Å². The molecule has 18 heavy (non-hydrogen) atoms. The van der Waals surface area contributed by atoms with Crippen LogP contribution in [0.4, 0.5) is 5.69 Å². The third kappa shape index (κ3) is 2.48. The van der Waals surface area contributed by atoms with E-state index in [1.54, 1.807) is 6.07 Å². The number of hydrogen-bond acceptors (Lipinski definition) is 2. The third-order valence-electron chi connectivity index (χ3n) is 2.76. The predicted molar refractivity (Wildman–Crippen MR) is 75.0 cm³/mol. The van der Waals surface area contributed by atoms with E-state index in [4.69, 9.17) is 4.42 Å². The van der Waals surface area contributed by atoms with Crippen molar-refractivity contribution in [1.29, 1.82) is 0 Å². The zero-order valence-electron chi connectivity index (χ0n) is 10.5. The van der Waals surface area contributed by atoms with Gasteiger partial charge in [-0.15, -0.1) is 0 Å². The molecule has 2 aromatic rings. The normalized spacial score (nSPS) is 10.4. The summed E-state index contributed by atoms with van der Waals surface area (Å²) in [4.78, 5) is 12.0. The number of halogens is 1. The van der Waals surface area contributed by atoms with Crippen molar-refractivity contribution in [2.24, 2.45) is 0 Å². The van der Waals surface area contributed by atoms with Crippen molar-refractivity contribution in [3.05, 3.63) is 51.4 Å². The molecule has 0 spiro atoms. The largest absolute Gasteiger partial charge is 0.459 e. The van der Waals surface area contributed by atoms with Crippen molar-refractivity contribution >= 4 is 27.5 Å². The van der Waals surface area contributed by atoms with Crippen LogP contribution in [0.2, 0.25) is 0 Å². The van der Waals surface area contributed by atoms with Gasteiger partial charge in [0.2, 0.25) is 0 Å². The number of hydrogen-bond donors (Lipinski definition) is 1. The number of anilines is 1. The van der Waals surface area contributed by atoms with E-state index < -0.39 is 0 Å².